The van der Waals surface area contributed by atoms with Crippen molar-refractivity contribution in [3.8, 4) is 0 Å². The summed E-state index contributed by atoms with van der Waals surface area (Å²) in [6.07, 6.45) is 3.52. The predicted octanol–water partition coefficient (Wildman–Crippen LogP) is 1.69. The molecule has 0 bridgehead atoms. The second-order valence-electron chi connectivity index (χ2n) is 3.36. The van der Waals surface area contributed by atoms with Crippen molar-refractivity contribution in [3.05, 3.63) is 10.8 Å². The first-order valence-corrected chi connectivity index (χ1v) is 5.07. The number of likely N-dealkylation sites (tertiary alicyclic amines) is 1. The van der Waals surface area contributed by atoms with Crippen LogP contribution in [0.1, 0.15) is 25.0 Å². The van der Waals surface area contributed by atoms with Crippen LogP contribution in [-0.4, -0.2) is 39.2 Å². The lowest BCUT2D eigenvalue weighted by atomic mass is 10.1. The fourth-order valence-electron chi connectivity index (χ4n) is 1.64. The molecule has 0 radical (unpaired) electrons. The zero-order chi connectivity index (χ0) is 9.97. The summed E-state index contributed by atoms with van der Waals surface area (Å²) in [4.78, 5) is 1.99. The molecular formula is C8H13Cl2N5. The number of nitrogens with one attached hydrogen (secondary N) is 2. The summed E-state index contributed by atoms with van der Waals surface area (Å²) in [6, 6.07) is 0. The molecule has 7 heteroatoms. The van der Waals surface area contributed by atoms with Crippen LogP contribution in [0.25, 0.3) is 0 Å². The Bertz CT molecular complexity index is 332. The molecule has 5 nitrogen and oxygen atoms in total. The lowest BCUT2D eigenvalue weighted by Gasteiger charge is -2.27. The van der Waals surface area contributed by atoms with E-state index in [9.17, 15) is 0 Å². The van der Waals surface area contributed by atoms with Gasteiger partial charge < -0.3 is 4.90 Å². The second kappa shape index (κ2) is 5.32. The minimum absolute atomic E-state index is 0. The maximum absolute atomic E-state index is 7.90. The zero-order valence-electron chi connectivity index (χ0n) is 8.16. The Hall–Kier alpha value is -0.810. The van der Waals surface area contributed by atoms with Crippen molar-refractivity contribution < 1.29 is 0 Å². The van der Waals surface area contributed by atoms with Gasteiger partial charge in [0, 0.05) is 13.1 Å². The van der Waals surface area contributed by atoms with Crippen molar-refractivity contribution in [2.24, 2.45) is 0 Å². The van der Waals surface area contributed by atoms with Crippen molar-refractivity contribution >= 4 is 29.8 Å². The number of H-pyrrole nitrogens is 1. The average molecular weight is 250 g/mol. The Balaban J connectivity index is 0.00000112. The quantitative estimate of drug-likeness (QED) is 0.588. The highest BCUT2D eigenvalue weighted by atomic mass is 35.5. The maximum Gasteiger partial charge on any atom is 0.182 e. The molecule has 0 saturated carbocycles. The number of aromatic nitrogens is 3. The Morgan fingerprint density at radius 2 is 1.93 bits per heavy atom. The molecule has 0 amide bonds. The van der Waals surface area contributed by atoms with E-state index in [1.54, 1.807) is 0 Å². The van der Waals surface area contributed by atoms with Crippen LogP contribution in [0.4, 0.5) is 0 Å². The molecule has 0 unspecified atom stereocenters. The van der Waals surface area contributed by atoms with E-state index < -0.39 is 0 Å². The Morgan fingerprint density at radius 3 is 2.47 bits per heavy atom. The van der Waals surface area contributed by atoms with Crippen LogP contribution in [0.15, 0.2) is 0 Å². The minimum atomic E-state index is 0. The molecular weight excluding hydrogens is 237 g/mol. The van der Waals surface area contributed by atoms with Crippen LogP contribution < -0.4 is 0 Å². The van der Waals surface area contributed by atoms with Crippen molar-refractivity contribution in [1.29, 1.82) is 5.41 Å². The normalized spacial score (nSPS) is 15.9. The SMILES string of the molecule is Cl.N=C(c1n[nH]nc1Cl)N1CCCCC1. The summed E-state index contributed by atoms with van der Waals surface area (Å²) in [6.45, 7) is 1.84. The molecule has 1 fully saturated rings. The van der Waals surface area contributed by atoms with E-state index in [1.165, 1.54) is 6.42 Å². The number of nitrogens with zero attached hydrogens (tertiary/aromatic N) is 3. The minimum Gasteiger partial charge on any atom is -0.355 e. The topological polar surface area (TPSA) is 68.7 Å². The molecule has 1 saturated heterocycles. The predicted molar refractivity (Wildman–Crippen MR) is 60.9 cm³/mol. The highest BCUT2D eigenvalue weighted by Crippen LogP contribution is 2.15. The molecule has 0 aromatic carbocycles. The van der Waals surface area contributed by atoms with Gasteiger partial charge in [0.05, 0.1) is 0 Å². The maximum atomic E-state index is 7.90. The number of piperidine rings is 1. The molecule has 0 aliphatic carbocycles. The van der Waals surface area contributed by atoms with Crippen molar-refractivity contribution in [1.82, 2.24) is 20.3 Å². The third-order valence-electron chi connectivity index (χ3n) is 2.40. The number of amidine groups is 1. The summed E-state index contributed by atoms with van der Waals surface area (Å²) in [5, 5.41) is 18.1. The number of hydrogen-bond donors (Lipinski definition) is 2. The van der Waals surface area contributed by atoms with Crippen LogP contribution in [0.3, 0.4) is 0 Å². The first-order chi connectivity index (χ1) is 6.79. The molecule has 1 aromatic heterocycles. The average Bonchev–Trinajstić information content (AvgIpc) is 2.65. The summed E-state index contributed by atoms with van der Waals surface area (Å²) in [5.41, 5.74) is 0.452. The summed E-state index contributed by atoms with van der Waals surface area (Å²) in [5.74, 6) is 0.378. The second-order valence-corrected chi connectivity index (χ2v) is 3.72. The van der Waals surface area contributed by atoms with Gasteiger partial charge in [-0.25, -0.2) is 0 Å². The van der Waals surface area contributed by atoms with Gasteiger partial charge in [0.25, 0.3) is 0 Å². The van der Waals surface area contributed by atoms with Crippen molar-refractivity contribution in [2.75, 3.05) is 13.1 Å². The Labute approximate surface area is 99.1 Å². The van der Waals surface area contributed by atoms with Crippen LogP contribution in [0, 0.1) is 5.41 Å². The molecule has 0 atom stereocenters. The van der Waals surface area contributed by atoms with Gasteiger partial charge in [0.15, 0.2) is 16.7 Å². The molecule has 2 rings (SSSR count). The fourth-order valence-corrected chi connectivity index (χ4v) is 1.81. The van der Waals surface area contributed by atoms with E-state index in [4.69, 9.17) is 17.0 Å². The standard InChI is InChI=1S/C8H12ClN5.ClH/c9-7-6(11-13-12-7)8(10)14-4-2-1-3-5-14;/h10H,1-5H2,(H,11,12,13);1H. The summed E-state index contributed by atoms with van der Waals surface area (Å²) >= 11 is 5.78. The first-order valence-electron chi connectivity index (χ1n) is 4.69. The van der Waals surface area contributed by atoms with Gasteiger partial charge in [-0.3, -0.25) is 5.41 Å². The third-order valence-corrected chi connectivity index (χ3v) is 2.67. The van der Waals surface area contributed by atoms with E-state index in [2.05, 4.69) is 15.4 Å². The summed E-state index contributed by atoms with van der Waals surface area (Å²) in [7, 11) is 0. The Morgan fingerprint density at radius 1 is 1.27 bits per heavy atom. The molecule has 0 spiro atoms. The van der Waals surface area contributed by atoms with E-state index in [0.29, 0.717) is 11.5 Å². The van der Waals surface area contributed by atoms with Gasteiger partial charge in [-0.1, -0.05) is 11.6 Å². The fraction of sp³-hybridized carbons (Fsp3) is 0.625. The molecule has 15 heavy (non-hydrogen) atoms. The molecule has 2 heterocycles. The number of aromatic amines is 1. The third kappa shape index (κ3) is 2.60. The van der Waals surface area contributed by atoms with Crippen molar-refractivity contribution in [3.63, 3.8) is 0 Å². The monoisotopic (exact) mass is 249 g/mol. The van der Waals surface area contributed by atoms with E-state index in [1.807, 2.05) is 4.90 Å². The lowest BCUT2D eigenvalue weighted by molar-refractivity contribution is 0.340. The molecule has 1 aliphatic rings. The first kappa shape index (κ1) is 12.3. The van der Waals surface area contributed by atoms with Gasteiger partial charge in [-0.2, -0.15) is 10.3 Å². The van der Waals surface area contributed by atoms with Crippen LogP contribution in [0.5, 0.6) is 0 Å². The van der Waals surface area contributed by atoms with E-state index in [0.717, 1.165) is 25.9 Å². The Kier molecular flexibility index (Phi) is 4.35. The molecule has 1 aromatic rings. The largest absolute Gasteiger partial charge is 0.355 e. The molecule has 2 N–H and O–H groups in total. The highest BCUT2D eigenvalue weighted by Gasteiger charge is 2.19. The van der Waals surface area contributed by atoms with Gasteiger partial charge in [-0.15, -0.1) is 17.5 Å². The van der Waals surface area contributed by atoms with Gasteiger partial charge in [0.1, 0.15) is 0 Å². The zero-order valence-corrected chi connectivity index (χ0v) is 9.74. The molecule has 1 aliphatic heterocycles. The number of halogens is 2. The van der Waals surface area contributed by atoms with Crippen molar-refractivity contribution in [2.45, 2.75) is 19.3 Å². The van der Waals surface area contributed by atoms with Gasteiger partial charge in [0.2, 0.25) is 0 Å². The van der Waals surface area contributed by atoms with E-state index >= 15 is 0 Å². The number of hydrogen-bond acceptors (Lipinski definition) is 3. The smallest absolute Gasteiger partial charge is 0.182 e. The van der Waals surface area contributed by atoms with Crippen LogP contribution in [0.2, 0.25) is 5.15 Å². The lowest BCUT2D eigenvalue weighted by Crippen LogP contribution is -2.36. The van der Waals surface area contributed by atoms with Crippen LogP contribution in [-0.2, 0) is 0 Å². The van der Waals surface area contributed by atoms with Crippen LogP contribution >= 0.6 is 24.0 Å². The van der Waals surface area contributed by atoms with E-state index in [-0.39, 0.29) is 17.6 Å². The van der Waals surface area contributed by atoms with Gasteiger partial charge in [-0.05, 0) is 19.3 Å². The highest BCUT2D eigenvalue weighted by molar-refractivity contribution is 6.32. The molecule has 84 valence electrons. The summed E-state index contributed by atoms with van der Waals surface area (Å²) < 4.78 is 0. The van der Waals surface area contributed by atoms with Gasteiger partial charge >= 0.3 is 0 Å². The number of rotatable bonds is 1.